The second-order valence-electron chi connectivity index (χ2n) is 4.19. The van der Waals surface area contributed by atoms with Crippen LogP contribution in [0, 0.1) is 5.41 Å². The zero-order chi connectivity index (χ0) is 11.4. The predicted octanol–water partition coefficient (Wildman–Crippen LogP) is 1.75. The molecule has 1 fully saturated rings. The van der Waals surface area contributed by atoms with Crippen molar-refractivity contribution >= 4 is 11.5 Å². The molecule has 3 N–H and O–H groups in total. The van der Waals surface area contributed by atoms with Gasteiger partial charge < -0.3 is 10.6 Å². The smallest absolute Gasteiger partial charge is 0.143 e. The number of anilines is 1. The van der Waals surface area contributed by atoms with Crippen molar-refractivity contribution in [3.05, 3.63) is 24.0 Å². The van der Waals surface area contributed by atoms with Gasteiger partial charge in [0.1, 0.15) is 11.5 Å². The molecular weight excluding hydrogens is 200 g/mol. The molecule has 1 aliphatic rings. The summed E-state index contributed by atoms with van der Waals surface area (Å²) in [5.41, 5.74) is 7.18. The quantitative estimate of drug-likeness (QED) is 0.587. The number of hydrogen-bond donors (Lipinski definition) is 2. The molecule has 2 heterocycles. The van der Waals surface area contributed by atoms with E-state index in [0.29, 0.717) is 5.69 Å². The van der Waals surface area contributed by atoms with Crippen LogP contribution in [0.15, 0.2) is 18.3 Å². The zero-order valence-electron chi connectivity index (χ0n) is 9.45. The third-order valence-corrected chi connectivity index (χ3v) is 2.99. The minimum atomic E-state index is 0.0554. The Kier molecular flexibility index (Phi) is 3.39. The summed E-state index contributed by atoms with van der Waals surface area (Å²) in [6.45, 7) is 2.10. The van der Waals surface area contributed by atoms with Gasteiger partial charge in [0.15, 0.2) is 0 Å². The van der Waals surface area contributed by atoms with Crippen molar-refractivity contribution < 1.29 is 0 Å². The van der Waals surface area contributed by atoms with Gasteiger partial charge in [-0.15, -0.1) is 0 Å². The fourth-order valence-corrected chi connectivity index (χ4v) is 2.17. The first-order valence-electron chi connectivity index (χ1n) is 5.83. The number of nitrogens with two attached hydrogens (primary N) is 1. The summed E-state index contributed by atoms with van der Waals surface area (Å²) < 4.78 is 0. The van der Waals surface area contributed by atoms with Gasteiger partial charge in [-0.25, -0.2) is 0 Å². The average molecular weight is 218 g/mol. The summed E-state index contributed by atoms with van der Waals surface area (Å²) >= 11 is 0. The Bertz CT molecular complexity index is 367. The van der Waals surface area contributed by atoms with Crippen molar-refractivity contribution in [2.24, 2.45) is 5.73 Å². The average Bonchev–Trinajstić information content (AvgIpc) is 2.57. The molecule has 1 saturated heterocycles. The Labute approximate surface area is 96.0 Å². The van der Waals surface area contributed by atoms with Crippen molar-refractivity contribution in [2.45, 2.75) is 25.7 Å². The van der Waals surface area contributed by atoms with Crippen LogP contribution in [0.5, 0.6) is 0 Å². The van der Waals surface area contributed by atoms with Gasteiger partial charge in [-0.3, -0.25) is 10.4 Å². The molecule has 1 aromatic rings. The fraction of sp³-hybridized carbons (Fsp3) is 0.500. The SMILES string of the molecule is N=C(N)c1ncccc1N1CCCCCC1. The van der Waals surface area contributed by atoms with Crippen LogP contribution < -0.4 is 10.6 Å². The van der Waals surface area contributed by atoms with Crippen LogP contribution in [-0.4, -0.2) is 23.9 Å². The largest absolute Gasteiger partial charge is 0.382 e. The van der Waals surface area contributed by atoms with Crippen molar-refractivity contribution in [3.8, 4) is 0 Å². The van der Waals surface area contributed by atoms with Crippen molar-refractivity contribution in [3.63, 3.8) is 0 Å². The second-order valence-corrected chi connectivity index (χ2v) is 4.19. The summed E-state index contributed by atoms with van der Waals surface area (Å²) in [7, 11) is 0. The number of nitrogens with one attached hydrogen (secondary N) is 1. The molecule has 86 valence electrons. The lowest BCUT2D eigenvalue weighted by atomic mass is 10.2. The molecule has 16 heavy (non-hydrogen) atoms. The summed E-state index contributed by atoms with van der Waals surface area (Å²) in [5, 5.41) is 7.54. The summed E-state index contributed by atoms with van der Waals surface area (Å²) in [5.74, 6) is 0.0554. The molecule has 2 rings (SSSR count). The molecular formula is C12H18N4. The number of nitrogens with zero attached hydrogens (tertiary/aromatic N) is 2. The second kappa shape index (κ2) is 4.96. The van der Waals surface area contributed by atoms with Gasteiger partial charge in [0.05, 0.1) is 5.69 Å². The molecule has 0 aliphatic carbocycles. The van der Waals surface area contributed by atoms with Gasteiger partial charge in [0.25, 0.3) is 0 Å². The van der Waals surface area contributed by atoms with Gasteiger partial charge in [-0.2, -0.15) is 0 Å². The van der Waals surface area contributed by atoms with Crippen molar-refractivity contribution in [2.75, 3.05) is 18.0 Å². The number of nitrogen functional groups attached to an aromatic ring is 1. The predicted molar refractivity (Wildman–Crippen MR) is 65.9 cm³/mol. The monoisotopic (exact) mass is 218 g/mol. The molecule has 1 aromatic heterocycles. The Morgan fingerprint density at radius 1 is 1.25 bits per heavy atom. The van der Waals surface area contributed by atoms with E-state index in [1.54, 1.807) is 6.20 Å². The van der Waals surface area contributed by atoms with E-state index in [1.807, 2.05) is 12.1 Å². The zero-order valence-corrected chi connectivity index (χ0v) is 9.45. The van der Waals surface area contributed by atoms with Crippen LogP contribution in [0.2, 0.25) is 0 Å². The maximum Gasteiger partial charge on any atom is 0.143 e. The van der Waals surface area contributed by atoms with E-state index < -0.39 is 0 Å². The van der Waals surface area contributed by atoms with Crippen molar-refractivity contribution in [1.29, 1.82) is 5.41 Å². The Morgan fingerprint density at radius 3 is 2.56 bits per heavy atom. The molecule has 0 amide bonds. The summed E-state index contributed by atoms with van der Waals surface area (Å²) in [6, 6.07) is 3.92. The highest BCUT2D eigenvalue weighted by molar-refractivity contribution is 5.98. The van der Waals surface area contributed by atoms with E-state index in [9.17, 15) is 0 Å². The van der Waals surface area contributed by atoms with E-state index in [1.165, 1.54) is 25.7 Å². The molecule has 4 nitrogen and oxygen atoms in total. The number of aromatic nitrogens is 1. The lowest BCUT2D eigenvalue weighted by Crippen LogP contribution is -2.27. The number of rotatable bonds is 2. The topological polar surface area (TPSA) is 66.0 Å². The van der Waals surface area contributed by atoms with Crippen LogP contribution >= 0.6 is 0 Å². The highest BCUT2D eigenvalue weighted by Crippen LogP contribution is 2.21. The fourth-order valence-electron chi connectivity index (χ4n) is 2.17. The molecule has 0 radical (unpaired) electrons. The Balaban J connectivity index is 2.27. The lowest BCUT2D eigenvalue weighted by molar-refractivity contribution is 0.726. The standard InChI is InChI=1S/C12H18N4/c13-12(14)11-10(6-5-7-15-11)16-8-3-1-2-4-9-16/h5-7H,1-4,8-9H2,(H3,13,14). The highest BCUT2D eigenvalue weighted by atomic mass is 15.1. The first-order chi connectivity index (χ1) is 7.79. The van der Waals surface area contributed by atoms with Gasteiger partial charge >= 0.3 is 0 Å². The van der Waals surface area contributed by atoms with E-state index in [4.69, 9.17) is 11.1 Å². The van der Waals surface area contributed by atoms with E-state index >= 15 is 0 Å². The van der Waals surface area contributed by atoms with Crippen LogP contribution in [-0.2, 0) is 0 Å². The Morgan fingerprint density at radius 2 is 1.94 bits per heavy atom. The lowest BCUT2D eigenvalue weighted by Gasteiger charge is -2.24. The van der Waals surface area contributed by atoms with E-state index in [-0.39, 0.29) is 5.84 Å². The molecule has 1 aliphatic heterocycles. The van der Waals surface area contributed by atoms with E-state index in [0.717, 1.165) is 18.8 Å². The van der Waals surface area contributed by atoms with Gasteiger partial charge in [0, 0.05) is 19.3 Å². The van der Waals surface area contributed by atoms with Gasteiger partial charge in [-0.1, -0.05) is 12.8 Å². The summed E-state index contributed by atoms with van der Waals surface area (Å²) in [4.78, 5) is 6.50. The first kappa shape index (κ1) is 10.9. The maximum absolute atomic E-state index is 7.54. The van der Waals surface area contributed by atoms with Crippen LogP contribution in [0.1, 0.15) is 31.4 Å². The number of pyridine rings is 1. The molecule has 0 unspecified atom stereocenters. The maximum atomic E-state index is 7.54. The van der Waals surface area contributed by atoms with Crippen LogP contribution in [0.25, 0.3) is 0 Å². The first-order valence-corrected chi connectivity index (χ1v) is 5.83. The molecule has 0 atom stereocenters. The minimum absolute atomic E-state index is 0.0554. The van der Waals surface area contributed by atoms with Gasteiger partial charge in [-0.05, 0) is 25.0 Å². The third-order valence-electron chi connectivity index (χ3n) is 2.99. The van der Waals surface area contributed by atoms with Gasteiger partial charge in [0.2, 0.25) is 0 Å². The third kappa shape index (κ3) is 2.32. The van der Waals surface area contributed by atoms with Crippen LogP contribution in [0.3, 0.4) is 0 Å². The molecule has 0 aromatic carbocycles. The minimum Gasteiger partial charge on any atom is -0.382 e. The van der Waals surface area contributed by atoms with Crippen LogP contribution in [0.4, 0.5) is 5.69 Å². The molecule has 4 heteroatoms. The molecule has 0 bridgehead atoms. The molecule has 0 spiro atoms. The molecule has 0 saturated carbocycles. The highest BCUT2D eigenvalue weighted by Gasteiger charge is 2.15. The normalized spacial score (nSPS) is 16.9. The Hall–Kier alpha value is -1.58. The number of amidine groups is 1. The van der Waals surface area contributed by atoms with Crippen molar-refractivity contribution in [1.82, 2.24) is 4.98 Å². The number of hydrogen-bond acceptors (Lipinski definition) is 3. The summed E-state index contributed by atoms with van der Waals surface area (Å²) in [6.07, 6.45) is 6.72. The van der Waals surface area contributed by atoms with E-state index in [2.05, 4.69) is 9.88 Å².